The van der Waals surface area contributed by atoms with Gasteiger partial charge in [0.05, 0.1) is 18.0 Å². The van der Waals surface area contributed by atoms with E-state index in [0.29, 0.717) is 17.1 Å². The van der Waals surface area contributed by atoms with Gasteiger partial charge in [-0.2, -0.15) is 0 Å². The van der Waals surface area contributed by atoms with Crippen LogP contribution in [0.25, 0.3) is 16.9 Å². The van der Waals surface area contributed by atoms with Gasteiger partial charge in [0.2, 0.25) is 5.65 Å². The van der Waals surface area contributed by atoms with Crippen LogP contribution >= 0.6 is 0 Å². The van der Waals surface area contributed by atoms with Crippen LogP contribution in [0.1, 0.15) is 24.2 Å². The fourth-order valence-electron chi connectivity index (χ4n) is 2.46. The number of hydrogen-bond acceptors (Lipinski definition) is 4. The molecule has 3 rings (SSSR count). The molecule has 0 aliphatic carbocycles. The third-order valence-corrected chi connectivity index (χ3v) is 3.58. The van der Waals surface area contributed by atoms with Crippen LogP contribution in [0, 0.1) is 0 Å². The van der Waals surface area contributed by atoms with Gasteiger partial charge in [-0.15, -0.1) is 0 Å². The molecule has 0 aliphatic heterocycles. The number of rotatable bonds is 4. The summed E-state index contributed by atoms with van der Waals surface area (Å²) in [5, 5.41) is 0. The molecule has 0 radical (unpaired) electrons. The number of benzene rings is 1. The van der Waals surface area contributed by atoms with Gasteiger partial charge >= 0.3 is 0 Å². The Kier molecular flexibility index (Phi) is 4.20. The average Bonchev–Trinajstić information content (AvgIpc) is 2.99. The molecule has 24 heavy (non-hydrogen) atoms. The summed E-state index contributed by atoms with van der Waals surface area (Å²) in [6, 6.07) is 7.49. The van der Waals surface area contributed by atoms with Crippen molar-refractivity contribution in [2.45, 2.75) is 20.0 Å². The van der Waals surface area contributed by atoms with Crippen LogP contribution in [0.3, 0.4) is 0 Å². The van der Waals surface area contributed by atoms with Gasteiger partial charge in [0.1, 0.15) is 0 Å². The molecule has 3 aromatic rings. The number of nitrogens with zero attached hydrogens (tertiary/aromatic N) is 4. The second-order valence-corrected chi connectivity index (χ2v) is 6.01. The molecule has 0 bridgehead atoms. The molecule has 0 spiro atoms. The lowest BCUT2D eigenvalue weighted by Gasteiger charge is -2.11. The Morgan fingerprint density at radius 1 is 1.17 bits per heavy atom. The molecule has 0 fully saturated rings. The van der Waals surface area contributed by atoms with Gasteiger partial charge in [0.15, 0.2) is 0 Å². The molecule has 6 nitrogen and oxygen atoms in total. The Morgan fingerprint density at radius 2 is 1.88 bits per heavy atom. The van der Waals surface area contributed by atoms with Crippen molar-refractivity contribution >= 4 is 11.6 Å². The van der Waals surface area contributed by atoms with Crippen molar-refractivity contribution in [2.75, 3.05) is 14.1 Å². The van der Waals surface area contributed by atoms with Crippen LogP contribution in [0.15, 0.2) is 42.9 Å². The molecule has 0 saturated heterocycles. The van der Waals surface area contributed by atoms with E-state index in [1.165, 1.54) is 0 Å². The quantitative estimate of drug-likeness (QED) is 0.740. The zero-order valence-corrected chi connectivity index (χ0v) is 14.2. The Hall–Kier alpha value is -2.89. The van der Waals surface area contributed by atoms with E-state index < -0.39 is 0 Å². The van der Waals surface area contributed by atoms with Gasteiger partial charge in [0, 0.05) is 37.6 Å². The molecule has 0 unspecified atom stereocenters. The zero-order valence-electron chi connectivity index (χ0n) is 14.2. The van der Waals surface area contributed by atoms with E-state index in [-0.39, 0.29) is 12.0 Å². The summed E-state index contributed by atoms with van der Waals surface area (Å²) in [6.07, 6.45) is 5.36. The lowest BCUT2D eigenvalue weighted by Crippen LogP contribution is -2.21. The monoisotopic (exact) mass is 324 g/mol. The van der Waals surface area contributed by atoms with Crippen molar-refractivity contribution in [1.29, 1.82) is 0 Å². The van der Waals surface area contributed by atoms with E-state index in [1.807, 2.05) is 48.7 Å². The Morgan fingerprint density at radius 3 is 2.50 bits per heavy atom. The van der Waals surface area contributed by atoms with Gasteiger partial charge in [-0.05, 0) is 26.0 Å². The number of carbonyl (C=O) groups excluding carboxylic acids is 1. The van der Waals surface area contributed by atoms with E-state index in [9.17, 15) is 4.79 Å². The van der Waals surface area contributed by atoms with E-state index in [0.717, 1.165) is 11.3 Å². The van der Waals surface area contributed by atoms with Crippen molar-refractivity contribution in [3.05, 3.63) is 48.4 Å². The predicted molar refractivity (Wildman–Crippen MR) is 92.2 cm³/mol. The largest absolute Gasteiger partial charge is 0.472 e. The standard InChI is InChI=1S/C18H20N4O2/c1-12(2)24-17-16-20-11-15(22(16)10-9-19-17)13-5-7-14(8-6-13)18(23)21(3)4/h5-12H,1-4H3. The van der Waals surface area contributed by atoms with Gasteiger partial charge < -0.3 is 9.64 Å². The Labute approximate surface area is 140 Å². The first-order chi connectivity index (χ1) is 11.5. The molecular weight excluding hydrogens is 304 g/mol. The van der Waals surface area contributed by atoms with Gasteiger partial charge in [-0.3, -0.25) is 9.20 Å². The maximum Gasteiger partial charge on any atom is 0.258 e. The highest BCUT2D eigenvalue weighted by molar-refractivity contribution is 5.94. The highest BCUT2D eigenvalue weighted by Crippen LogP contribution is 2.25. The molecule has 124 valence electrons. The van der Waals surface area contributed by atoms with E-state index in [2.05, 4.69) is 9.97 Å². The number of carbonyl (C=O) groups is 1. The third-order valence-electron chi connectivity index (χ3n) is 3.58. The first-order valence-electron chi connectivity index (χ1n) is 7.78. The molecule has 2 aromatic heterocycles. The highest BCUT2D eigenvalue weighted by atomic mass is 16.5. The SMILES string of the molecule is CC(C)Oc1nccn2c(-c3ccc(C(=O)N(C)C)cc3)cnc12. The average molecular weight is 324 g/mol. The summed E-state index contributed by atoms with van der Waals surface area (Å²) in [5.41, 5.74) is 3.22. The Bertz CT molecular complexity index is 866. The summed E-state index contributed by atoms with van der Waals surface area (Å²) in [5.74, 6) is 0.495. The van der Waals surface area contributed by atoms with Crippen LogP contribution in [-0.2, 0) is 0 Å². The van der Waals surface area contributed by atoms with Crippen molar-refractivity contribution in [3.63, 3.8) is 0 Å². The van der Waals surface area contributed by atoms with Gasteiger partial charge in [-0.25, -0.2) is 9.97 Å². The number of imidazole rings is 1. The number of aromatic nitrogens is 3. The molecule has 0 N–H and O–H groups in total. The topological polar surface area (TPSA) is 59.7 Å². The normalized spacial score (nSPS) is 11.0. The molecule has 0 saturated carbocycles. The summed E-state index contributed by atoms with van der Waals surface area (Å²) < 4.78 is 7.65. The first-order valence-corrected chi connectivity index (χ1v) is 7.78. The molecular formula is C18H20N4O2. The molecule has 2 heterocycles. The summed E-state index contributed by atoms with van der Waals surface area (Å²) in [7, 11) is 3.48. The van der Waals surface area contributed by atoms with Crippen LogP contribution in [-0.4, -0.2) is 45.4 Å². The number of amides is 1. The summed E-state index contributed by atoms with van der Waals surface area (Å²) in [6.45, 7) is 3.91. The second kappa shape index (κ2) is 6.31. The van der Waals surface area contributed by atoms with Crippen molar-refractivity contribution in [2.24, 2.45) is 0 Å². The van der Waals surface area contributed by atoms with E-state index in [4.69, 9.17) is 4.74 Å². The number of ether oxygens (including phenoxy) is 1. The van der Waals surface area contributed by atoms with Crippen molar-refractivity contribution < 1.29 is 9.53 Å². The smallest absolute Gasteiger partial charge is 0.258 e. The predicted octanol–water partition coefficient (Wildman–Crippen LogP) is 2.89. The molecule has 1 aromatic carbocycles. The number of fused-ring (bicyclic) bond motifs is 1. The second-order valence-electron chi connectivity index (χ2n) is 6.01. The summed E-state index contributed by atoms with van der Waals surface area (Å²) >= 11 is 0. The fourth-order valence-corrected chi connectivity index (χ4v) is 2.46. The maximum atomic E-state index is 12.0. The minimum Gasteiger partial charge on any atom is -0.472 e. The molecule has 6 heteroatoms. The van der Waals surface area contributed by atoms with Gasteiger partial charge in [-0.1, -0.05) is 12.1 Å². The van der Waals surface area contributed by atoms with E-state index >= 15 is 0 Å². The highest BCUT2D eigenvalue weighted by Gasteiger charge is 2.13. The molecule has 1 amide bonds. The molecule has 0 aliphatic rings. The van der Waals surface area contributed by atoms with Gasteiger partial charge in [0.25, 0.3) is 11.8 Å². The van der Waals surface area contributed by atoms with Crippen molar-refractivity contribution in [3.8, 4) is 17.1 Å². The summed E-state index contributed by atoms with van der Waals surface area (Å²) in [4.78, 5) is 22.2. The Balaban J connectivity index is 2.00. The van der Waals surface area contributed by atoms with Crippen LogP contribution in [0.4, 0.5) is 0 Å². The zero-order chi connectivity index (χ0) is 17.3. The van der Waals surface area contributed by atoms with Crippen LogP contribution in [0.5, 0.6) is 5.88 Å². The minimum atomic E-state index is -0.0171. The van der Waals surface area contributed by atoms with E-state index in [1.54, 1.807) is 31.4 Å². The molecule has 0 atom stereocenters. The van der Waals surface area contributed by atoms with Crippen LogP contribution in [0.2, 0.25) is 0 Å². The number of hydrogen-bond donors (Lipinski definition) is 0. The maximum absolute atomic E-state index is 12.0. The fraction of sp³-hybridized carbons (Fsp3) is 0.278. The lowest BCUT2D eigenvalue weighted by molar-refractivity contribution is 0.0827. The third kappa shape index (κ3) is 2.95. The minimum absolute atomic E-state index is 0.0171. The van der Waals surface area contributed by atoms with Crippen LogP contribution < -0.4 is 4.74 Å². The first kappa shape index (κ1) is 16.0. The lowest BCUT2D eigenvalue weighted by atomic mass is 10.1. The van der Waals surface area contributed by atoms with Crippen molar-refractivity contribution in [1.82, 2.24) is 19.3 Å².